The van der Waals surface area contributed by atoms with Gasteiger partial charge in [-0.1, -0.05) is 6.92 Å². The lowest BCUT2D eigenvalue weighted by atomic mass is 9.99. The largest absolute Gasteiger partial charge is 0.353 e. The van der Waals surface area contributed by atoms with Gasteiger partial charge in [-0.15, -0.1) is 0 Å². The minimum Gasteiger partial charge on any atom is -0.353 e. The predicted molar refractivity (Wildman–Crippen MR) is 83.4 cm³/mol. The number of hydrogen-bond donors (Lipinski definition) is 1. The van der Waals surface area contributed by atoms with Crippen LogP contribution >= 0.6 is 0 Å². The van der Waals surface area contributed by atoms with E-state index in [4.69, 9.17) is 0 Å². The molecule has 6 nitrogen and oxygen atoms in total. The van der Waals surface area contributed by atoms with E-state index in [9.17, 15) is 4.79 Å². The Morgan fingerprint density at radius 1 is 1.33 bits per heavy atom. The standard InChI is InChI=1S/C15H25N5O/c1-12-4-7-20(8-5-12)14(21)13-10-17-15(18-11-13)16-6-9-19(2)3/h10-12H,4-9H2,1-3H3,(H,16,17,18). The van der Waals surface area contributed by atoms with E-state index in [1.54, 1.807) is 12.4 Å². The molecular weight excluding hydrogens is 266 g/mol. The monoisotopic (exact) mass is 291 g/mol. The first kappa shape index (κ1) is 15.7. The molecule has 0 spiro atoms. The summed E-state index contributed by atoms with van der Waals surface area (Å²) < 4.78 is 0. The van der Waals surface area contributed by atoms with Crippen molar-refractivity contribution in [1.82, 2.24) is 19.8 Å². The number of amides is 1. The van der Waals surface area contributed by atoms with E-state index in [2.05, 4.69) is 27.1 Å². The molecule has 1 fully saturated rings. The second-order valence-corrected chi connectivity index (χ2v) is 6.00. The van der Waals surface area contributed by atoms with Gasteiger partial charge in [0.2, 0.25) is 5.95 Å². The molecule has 1 aromatic heterocycles. The summed E-state index contributed by atoms with van der Waals surface area (Å²) >= 11 is 0. The highest BCUT2D eigenvalue weighted by atomic mass is 16.2. The molecule has 1 aromatic rings. The number of likely N-dealkylation sites (N-methyl/N-ethyl adjacent to an activating group) is 1. The molecule has 0 atom stereocenters. The van der Waals surface area contributed by atoms with Gasteiger partial charge in [-0.25, -0.2) is 9.97 Å². The van der Waals surface area contributed by atoms with E-state index < -0.39 is 0 Å². The third kappa shape index (κ3) is 4.67. The van der Waals surface area contributed by atoms with Crippen LogP contribution in [0.4, 0.5) is 5.95 Å². The number of rotatable bonds is 5. The summed E-state index contributed by atoms with van der Waals surface area (Å²) in [5.41, 5.74) is 0.572. The zero-order chi connectivity index (χ0) is 15.2. The Morgan fingerprint density at radius 3 is 2.52 bits per heavy atom. The Hall–Kier alpha value is -1.69. The zero-order valence-electron chi connectivity index (χ0n) is 13.2. The SMILES string of the molecule is CC1CCN(C(=O)c2cnc(NCCN(C)C)nc2)CC1. The highest BCUT2D eigenvalue weighted by Gasteiger charge is 2.21. The van der Waals surface area contributed by atoms with Crippen molar-refractivity contribution in [2.24, 2.45) is 5.92 Å². The average Bonchev–Trinajstić information content (AvgIpc) is 2.48. The van der Waals surface area contributed by atoms with Crippen molar-refractivity contribution in [3.05, 3.63) is 18.0 Å². The third-order valence-electron chi connectivity index (χ3n) is 3.81. The van der Waals surface area contributed by atoms with Crippen LogP contribution in [0.5, 0.6) is 0 Å². The lowest BCUT2D eigenvalue weighted by molar-refractivity contribution is 0.0696. The number of carbonyl (C=O) groups is 1. The molecule has 1 N–H and O–H groups in total. The van der Waals surface area contributed by atoms with Crippen LogP contribution in [-0.2, 0) is 0 Å². The molecule has 0 saturated carbocycles. The van der Waals surface area contributed by atoms with Gasteiger partial charge in [-0.05, 0) is 32.9 Å². The van der Waals surface area contributed by atoms with Gasteiger partial charge in [-0.3, -0.25) is 4.79 Å². The Balaban J connectivity index is 1.87. The third-order valence-corrected chi connectivity index (χ3v) is 3.81. The summed E-state index contributed by atoms with van der Waals surface area (Å²) in [5.74, 6) is 1.33. The molecule has 2 heterocycles. The molecule has 0 aromatic carbocycles. The van der Waals surface area contributed by atoms with Crippen molar-refractivity contribution in [3.63, 3.8) is 0 Å². The number of carbonyl (C=O) groups excluding carboxylic acids is 1. The van der Waals surface area contributed by atoms with Gasteiger partial charge in [0.1, 0.15) is 0 Å². The van der Waals surface area contributed by atoms with E-state index in [1.807, 2.05) is 19.0 Å². The first-order chi connectivity index (χ1) is 10.1. The van der Waals surface area contributed by atoms with Crippen LogP contribution in [0, 0.1) is 5.92 Å². The number of aromatic nitrogens is 2. The van der Waals surface area contributed by atoms with Crippen molar-refractivity contribution in [2.45, 2.75) is 19.8 Å². The highest BCUT2D eigenvalue weighted by Crippen LogP contribution is 2.17. The normalized spacial score (nSPS) is 16.3. The Labute approximate surface area is 126 Å². The van der Waals surface area contributed by atoms with Crippen molar-refractivity contribution in [3.8, 4) is 0 Å². The van der Waals surface area contributed by atoms with Crippen molar-refractivity contribution in [2.75, 3.05) is 45.6 Å². The summed E-state index contributed by atoms with van der Waals surface area (Å²) in [6, 6.07) is 0. The Morgan fingerprint density at radius 2 is 1.95 bits per heavy atom. The molecule has 6 heteroatoms. The molecule has 0 aliphatic carbocycles. The maximum atomic E-state index is 12.3. The fraction of sp³-hybridized carbons (Fsp3) is 0.667. The van der Waals surface area contributed by atoms with E-state index >= 15 is 0 Å². The lowest BCUT2D eigenvalue weighted by Crippen LogP contribution is -2.38. The van der Waals surface area contributed by atoms with E-state index in [0.717, 1.165) is 39.0 Å². The second-order valence-electron chi connectivity index (χ2n) is 6.00. The molecule has 116 valence electrons. The summed E-state index contributed by atoms with van der Waals surface area (Å²) in [4.78, 5) is 24.8. The fourth-order valence-electron chi connectivity index (χ4n) is 2.32. The Bertz CT molecular complexity index is 452. The molecule has 2 rings (SSSR count). The maximum absolute atomic E-state index is 12.3. The molecule has 0 unspecified atom stereocenters. The minimum atomic E-state index is 0.0433. The quantitative estimate of drug-likeness (QED) is 0.886. The number of likely N-dealkylation sites (tertiary alicyclic amines) is 1. The van der Waals surface area contributed by atoms with Crippen LogP contribution in [0.15, 0.2) is 12.4 Å². The average molecular weight is 291 g/mol. The molecule has 21 heavy (non-hydrogen) atoms. The molecule has 0 radical (unpaired) electrons. The number of piperidine rings is 1. The molecule has 1 aliphatic heterocycles. The van der Waals surface area contributed by atoms with Crippen LogP contribution < -0.4 is 5.32 Å². The van der Waals surface area contributed by atoms with Gasteiger partial charge < -0.3 is 15.1 Å². The van der Waals surface area contributed by atoms with E-state index in [1.165, 1.54) is 0 Å². The summed E-state index contributed by atoms with van der Waals surface area (Å²) in [6.07, 6.45) is 5.39. The van der Waals surface area contributed by atoms with Crippen molar-refractivity contribution < 1.29 is 4.79 Å². The molecular formula is C15H25N5O. The van der Waals surface area contributed by atoms with Gasteiger partial charge in [-0.2, -0.15) is 0 Å². The smallest absolute Gasteiger partial charge is 0.256 e. The fourth-order valence-corrected chi connectivity index (χ4v) is 2.32. The predicted octanol–water partition coefficient (Wildman–Crippen LogP) is 1.32. The van der Waals surface area contributed by atoms with Gasteiger partial charge >= 0.3 is 0 Å². The van der Waals surface area contributed by atoms with Gasteiger partial charge in [0.25, 0.3) is 5.91 Å². The van der Waals surface area contributed by atoms with Gasteiger partial charge in [0.05, 0.1) is 5.56 Å². The van der Waals surface area contributed by atoms with Crippen LogP contribution in [0.3, 0.4) is 0 Å². The maximum Gasteiger partial charge on any atom is 0.256 e. The highest BCUT2D eigenvalue weighted by molar-refractivity contribution is 5.93. The number of nitrogens with one attached hydrogen (secondary N) is 1. The topological polar surface area (TPSA) is 61.4 Å². The first-order valence-corrected chi connectivity index (χ1v) is 7.56. The van der Waals surface area contributed by atoms with Crippen molar-refractivity contribution in [1.29, 1.82) is 0 Å². The van der Waals surface area contributed by atoms with Crippen LogP contribution in [-0.4, -0.2) is 65.9 Å². The summed E-state index contributed by atoms with van der Waals surface area (Å²) in [6.45, 7) is 5.60. The molecule has 1 amide bonds. The van der Waals surface area contributed by atoms with Crippen LogP contribution in [0.1, 0.15) is 30.1 Å². The van der Waals surface area contributed by atoms with Gasteiger partial charge in [0, 0.05) is 38.6 Å². The van der Waals surface area contributed by atoms with Crippen LogP contribution in [0.2, 0.25) is 0 Å². The number of nitrogens with zero attached hydrogens (tertiary/aromatic N) is 4. The number of anilines is 1. The molecule has 1 aliphatic rings. The minimum absolute atomic E-state index is 0.0433. The summed E-state index contributed by atoms with van der Waals surface area (Å²) in [7, 11) is 4.04. The van der Waals surface area contributed by atoms with Crippen molar-refractivity contribution >= 4 is 11.9 Å². The summed E-state index contributed by atoms with van der Waals surface area (Å²) in [5, 5.41) is 3.14. The van der Waals surface area contributed by atoms with E-state index in [0.29, 0.717) is 17.4 Å². The second kappa shape index (κ2) is 7.36. The lowest BCUT2D eigenvalue weighted by Gasteiger charge is -2.30. The Kier molecular flexibility index (Phi) is 5.50. The number of hydrogen-bond acceptors (Lipinski definition) is 5. The molecule has 1 saturated heterocycles. The first-order valence-electron chi connectivity index (χ1n) is 7.56. The molecule has 0 bridgehead atoms. The van der Waals surface area contributed by atoms with Crippen LogP contribution in [0.25, 0.3) is 0 Å². The van der Waals surface area contributed by atoms with E-state index in [-0.39, 0.29) is 5.91 Å². The van der Waals surface area contributed by atoms with Gasteiger partial charge in [0.15, 0.2) is 0 Å². The zero-order valence-corrected chi connectivity index (χ0v) is 13.2.